The van der Waals surface area contributed by atoms with Gasteiger partial charge in [0, 0.05) is 23.1 Å². The van der Waals surface area contributed by atoms with E-state index in [0.717, 1.165) is 19.9 Å². The number of sulfonamides is 1. The van der Waals surface area contributed by atoms with E-state index in [0.29, 0.717) is 5.75 Å². The number of hydrogen-bond donors (Lipinski definition) is 1. The summed E-state index contributed by atoms with van der Waals surface area (Å²) in [7, 11) is -2.66. The minimum Gasteiger partial charge on any atom is -0.497 e. The molecule has 0 unspecified atom stereocenters. The van der Waals surface area contributed by atoms with Crippen molar-refractivity contribution in [1.29, 1.82) is 0 Å². The van der Waals surface area contributed by atoms with Crippen molar-refractivity contribution in [2.45, 2.75) is 51.2 Å². The molecule has 1 N–H and O–H groups in total. The third-order valence-electron chi connectivity index (χ3n) is 6.07. The summed E-state index contributed by atoms with van der Waals surface area (Å²) in [4.78, 5) is 28.4. The number of hydrogen-bond acceptors (Lipinski definition) is 5. The maximum Gasteiger partial charge on any atom is 0.264 e. The summed E-state index contributed by atoms with van der Waals surface area (Å²) in [6.45, 7) is 6.77. The first-order chi connectivity index (χ1) is 18.4. The molecule has 2 amide bonds. The average Bonchev–Trinajstić information content (AvgIpc) is 2.89. The van der Waals surface area contributed by atoms with E-state index in [9.17, 15) is 18.0 Å². The summed E-state index contributed by atoms with van der Waals surface area (Å²) < 4.78 is 35.0. The Bertz CT molecular complexity index is 1410. The molecule has 0 spiro atoms. The van der Waals surface area contributed by atoms with Gasteiger partial charge in [-0.2, -0.15) is 0 Å². The monoisotopic (exact) mass is 615 g/mol. The van der Waals surface area contributed by atoms with Gasteiger partial charge in [-0.25, -0.2) is 8.42 Å². The number of benzene rings is 3. The first-order valence-electron chi connectivity index (χ1n) is 12.5. The lowest BCUT2D eigenvalue weighted by molar-refractivity contribution is -0.139. The second kappa shape index (κ2) is 13.1. The van der Waals surface area contributed by atoms with Gasteiger partial charge < -0.3 is 15.0 Å². The molecular formula is C29H34BrN3O5S. The molecule has 1 atom stereocenters. The number of nitrogens with zero attached hydrogens (tertiary/aromatic N) is 2. The van der Waals surface area contributed by atoms with E-state index in [1.807, 2.05) is 45.0 Å². The number of carbonyl (C=O) groups excluding carboxylic acids is 2. The Hall–Kier alpha value is -3.37. The maximum absolute atomic E-state index is 13.9. The Labute approximate surface area is 239 Å². The summed E-state index contributed by atoms with van der Waals surface area (Å²) in [5, 5.41) is 2.85. The predicted molar refractivity (Wildman–Crippen MR) is 156 cm³/mol. The van der Waals surface area contributed by atoms with Crippen LogP contribution in [0.3, 0.4) is 0 Å². The van der Waals surface area contributed by atoms with Crippen LogP contribution in [-0.2, 0) is 26.2 Å². The minimum absolute atomic E-state index is 0.0489. The van der Waals surface area contributed by atoms with Crippen LogP contribution in [-0.4, -0.2) is 50.9 Å². The number of methoxy groups -OCH3 is 1. The van der Waals surface area contributed by atoms with E-state index in [4.69, 9.17) is 4.74 Å². The van der Waals surface area contributed by atoms with Crippen LogP contribution in [0.1, 0.15) is 31.9 Å². The molecule has 0 aliphatic rings. The van der Waals surface area contributed by atoms with Crippen molar-refractivity contribution in [2.24, 2.45) is 0 Å². The van der Waals surface area contributed by atoms with E-state index in [1.54, 1.807) is 43.3 Å². The van der Waals surface area contributed by atoms with Crippen molar-refractivity contribution in [2.75, 3.05) is 18.0 Å². The molecule has 0 saturated heterocycles. The number of nitrogens with one attached hydrogen (secondary N) is 1. The van der Waals surface area contributed by atoms with Gasteiger partial charge in [0.05, 0.1) is 17.7 Å². The van der Waals surface area contributed by atoms with E-state index in [-0.39, 0.29) is 29.1 Å². The average molecular weight is 617 g/mol. The summed E-state index contributed by atoms with van der Waals surface area (Å²) in [5.41, 5.74) is 1.96. The van der Waals surface area contributed by atoms with Crippen molar-refractivity contribution in [3.8, 4) is 5.75 Å². The van der Waals surface area contributed by atoms with Crippen LogP contribution in [0, 0.1) is 6.92 Å². The molecular weight excluding hydrogens is 582 g/mol. The number of ether oxygens (including phenoxy) is 1. The van der Waals surface area contributed by atoms with Crippen LogP contribution < -0.4 is 14.4 Å². The van der Waals surface area contributed by atoms with Gasteiger partial charge in [0.15, 0.2) is 0 Å². The zero-order valence-corrected chi connectivity index (χ0v) is 25.1. The van der Waals surface area contributed by atoms with Gasteiger partial charge in [-0.1, -0.05) is 51.8 Å². The van der Waals surface area contributed by atoms with Gasteiger partial charge in [0.25, 0.3) is 10.0 Å². The highest BCUT2D eigenvalue weighted by Crippen LogP contribution is 2.28. The highest BCUT2D eigenvalue weighted by atomic mass is 79.9. The normalized spacial score (nSPS) is 12.1. The highest BCUT2D eigenvalue weighted by Gasteiger charge is 2.32. The summed E-state index contributed by atoms with van der Waals surface area (Å²) in [6.07, 6.45) is 0. The zero-order chi connectivity index (χ0) is 28.7. The molecule has 0 fully saturated rings. The lowest BCUT2D eigenvalue weighted by Gasteiger charge is -2.32. The molecule has 0 aromatic heterocycles. The second-order valence-electron chi connectivity index (χ2n) is 9.52. The summed E-state index contributed by atoms with van der Waals surface area (Å²) in [5.74, 6) is -0.415. The standard InChI is InChI=1S/C29H34BrN3O5S/c1-20(2)31-29(35)22(4)32(18-23-8-6-9-24(30)16-23)28(34)19-33(25-10-7-11-26(17-25)38-5)39(36,37)27-14-12-21(3)13-15-27/h6-17,20,22H,18-19H2,1-5H3,(H,31,35)/t22-/m1/s1. The smallest absolute Gasteiger partial charge is 0.264 e. The molecule has 0 radical (unpaired) electrons. The minimum atomic E-state index is -4.15. The van der Waals surface area contributed by atoms with Gasteiger partial charge in [-0.05, 0) is 69.7 Å². The maximum atomic E-state index is 13.9. The Morgan fingerprint density at radius 1 is 0.974 bits per heavy atom. The van der Waals surface area contributed by atoms with Crippen LogP contribution in [0.25, 0.3) is 0 Å². The fourth-order valence-corrected chi connectivity index (χ4v) is 5.80. The first kappa shape index (κ1) is 30.2. The summed E-state index contributed by atoms with van der Waals surface area (Å²) in [6, 6.07) is 19.4. The lowest BCUT2D eigenvalue weighted by Crippen LogP contribution is -2.52. The molecule has 0 aliphatic heterocycles. The second-order valence-corrected chi connectivity index (χ2v) is 12.3. The number of amides is 2. The molecule has 208 valence electrons. The van der Waals surface area contributed by atoms with E-state index >= 15 is 0 Å². The first-order valence-corrected chi connectivity index (χ1v) is 14.7. The van der Waals surface area contributed by atoms with Crippen molar-refractivity contribution in [1.82, 2.24) is 10.2 Å². The number of carbonyl (C=O) groups is 2. The van der Waals surface area contributed by atoms with Crippen molar-refractivity contribution >= 4 is 43.5 Å². The van der Waals surface area contributed by atoms with Crippen molar-refractivity contribution < 1.29 is 22.7 Å². The largest absolute Gasteiger partial charge is 0.497 e. The van der Waals surface area contributed by atoms with Gasteiger partial charge in [0.2, 0.25) is 11.8 Å². The van der Waals surface area contributed by atoms with Gasteiger partial charge >= 0.3 is 0 Å². The SMILES string of the molecule is COc1cccc(N(CC(=O)N(Cc2cccc(Br)c2)[C@H](C)C(=O)NC(C)C)S(=O)(=O)c2ccc(C)cc2)c1. The summed E-state index contributed by atoms with van der Waals surface area (Å²) >= 11 is 3.45. The van der Waals surface area contributed by atoms with Gasteiger partial charge in [-0.3, -0.25) is 13.9 Å². The number of aryl methyl sites for hydroxylation is 1. The molecule has 0 bridgehead atoms. The molecule has 8 nitrogen and oxygen atoms in total. The Balaban J connectivity index is 2.05. The van der Waals surface area contributed by atoms with Crippen LogP contribution in [0.2, 0.25) is 0 Å². The fraction of sp³-hybridized carbons (Fsp3) is 0.310. The lowest BCUT2D eigenvalue weighted by atomic mass is 10.1. The van der Waals surface area contributed by atoms with E-state index in [2.05, 4.69) is 21.2 Å². The topological polar surface area (TPSA) is 96.0 Å². The van der Waals surface area contributed by atoms with Crippen molar-refractivity contribution in [3.05, 3.63) is 88.4 Å². The molecule has 3 aromatic rings. The van der Waals surface area contributed by atoms with Crippen LogP contribution >= 0.6 is 15.9 Å². The number of anilines is 1. The Morgan fingerprint density at radius 2 is 1.64 bits per heavy atom. The number of halogens is 1. The van der Waals surface area contributed by atoms with Gasteiger partial charge in [0.1, 0.15) is 18.3 Å². The molecule has 39 heavy (non-hydrogen) atoms. The van der Waals surface area contributed by atoms with Crippen LogP contribution in [0.5, 0.6) is 5.75 Å². The molecule has 0 aliphatic carbocycles. The molecule has 0 heterocycles. The molecule has 10 heteroatoms. The molecule has 3 rings (SSSR count). The van der Waals surface area contributed by atoms with Gasteiger partial charge in [-0.15, -0.1) is 0 Å². The molecule has 3 aromatic carbocycles. The molecule has 0 saturated carbocycles. The van der Waals surface area contributed by atoms with Crippen LogP contribution in [0.15, 0.2) is 82.2 Å². The van der Waals surface area contributed by atoms with E-state index < -0.39 is 28.5 Å². The zero-order valence-electron chi connectivity index (χ0n) is 22.7. The van der Waals surface area contributed by atoms with E-state index in [1.165, 1.54) is 24.1 Å². The quantitative estimate of drug-likeness (QED) is 0.331. The Kier molecular flexibility index (Phi) is 10.2. The van der Waals surface area contributed by atoms with Crippen molar-refractivity contribution in [3.63, 3.8) is 0 Å². The highest BCUT2D eigenvalue weighted by molar-refractivity contribution is 9.10. The number of rotatable bonds is 11. The predicted octanol–water partition coefficient (Wildman–Crippen LogP) is 4.90. The third kappa shape index (κ3) is 7.83. The third-order valence-corrected chi connectivity index (χ3v) is 8.35. The Morgan fingerprint density at radius 3 is 2.26 bits per heavy atom. The van der Waals surface area contributed by atoms with Crippen LogP contribution in [0.4, 0.5) is 5.69 Å². The fourth-order valence-electron chi connectivity index (χ4n) is 3.95.